The molecule has 0 amide bonds. The zero-order valence-electron chi connectivity index (χ0n) is 20.6. The fourth-order valence-corrected chi connectivity index (χ4v) is 5.15. The Bertz CT molecular complexity index is 1090. The Morgan fingerprint density at radius 2 is 1.58 bits per heavy atom. The highest BCUT2D eigenvalue weighted by atomic mass is 16.5. The van der Waals surface area contributed by atoms with E-state index in [9.17, 15) is 15.0 Å². The van der Waals surface area contributed by atoms with Crippen LogP contribution in [0, 0.1) is 11.8 Å². The molecular weight excluding hydrogens is 456 g/mol. The van der Waals surface area contributed by atoms with E-state index in [1.54, 1.807) is 0 Å². The summed E-state index contributed by atoms with van der Waals surface area (Å²) in [5.74, 6) is -0.0443. The Labute approximate surface area is 212 Å². The van der Waals surface area contributed by atoms with Gasteiger partial charge < -0.3 is 20.1 Å². The summed E-state index contributed by atoms with van der Waals surface area (Å²) in [6.45, 7) is 0.816. The van der Waals surface area contributed by atoms with E-state index in [0.717, 1.165) is 60.3 Å². The van der Waals surface area contributed by atoms with Crippen LogP contribution in [-0.2, 0) is 22.5 Å². The van der Waals surface area contributed by atoms with Crippen molar-refractivity contribution in [3.8, 4) is 22.4 Å². The monoisotopic (exact) mass is 492 g/mol. The number of aliphatic hydroxyl groups is 2. The number of aliphatic carboxylic acids is 1. The molecule has 1 unspecified atom stereocenters. The molecule has 1 saturated carbocycles. The van der Waals surface area contributed by atoms with E-state index in [1.165, 1.54) is 0 Å². The lowest BCUT2D eigenvalue weighted by Crippen LogP contribution is -2.23. The van der Waals surface area contributed by atoms with Crippen LogP contribution in [0.1, 0.15) is 37.8 Å². The van der Waals surface area contributed by atoms with Gasteiger partial charge >= 0.3 is 5.97 Å². The third kappa shape index (κ3) is 6.81. The lowest BCUT2D eigenvalue weighted by Gasteiger charge is -2.28. The number of aliphatic hydroxyl groups excluding tert-OH is 2. The first kappa shape index (κ1) is 26.1. The van der Waals surface area contributed by atoms with Crippen molar-refractivity contribution in [3.63, 3.8) is 0 Å². The molecule has 3 N–H and O–H groups in total. The molecule has 1 aliphatic carbocycles. The summed E-state index contributed by atoms with van der Waals surface area (Å²) < 4.78 is 7.48. The topological polar surface area (TPSA) is 105 Å². The highest BCUT2D eigenvalue weighted by Gasteiger charge is 2.26. The maximum atomic E-state index is 10.7. The molecule has 0 radical (unpaired) electrons. The van der Waals surface area contributed by atoms with Gasteiger partial charge in [0.05, 0.1) is 30.7 Å². The number of hydrogen-bond acceptors (Lipinski definition) is 5. The number of hydrogen-bond donors (Lipinski definition) is 3. The van der Waals surface area contributed by atoms with Gasteiger partial charge in [-0.3, -0.25) is 4.68 Å². The molecule has 0 spiro atoms. The number of carbonyl (C=O) groups is 1. The van der Waals surface area contributed by atoms with Crippen LogP contribution in [0.2, 0.25) is 0 Å². The second-order valence-electron chi connectivity index (χ2n) is 9.76. The van der Waals surface area contributed by atoms with Gasteiger partial charge in [0.1, 0.15) is 6.61 Å². The molecule has 3 aromatic rings. The lowest BCUT2D eigenvalue weighted by atomic mass is 9.82. The molecule has 4 rings (SSSR count). The number of rotatable bonds is 12. The van der Waals surface area contributed by atoms with Gasteiger partial charge in [0, 0.05) is 17.7 Å². The number of aryl methyl sites for hydroxylation is 1. The van der Waals surface area contributed by atoms with Crippen molar-refractivity contribution in [2.24, 2.45) is 11.8 Å². The first-order valence-corrected chi connectivity index (χ1v) is 12.8. The van der Waals surface area contributed by atoms with Crippen LogP contribution in [0.4, 0.5) is 0 Å². The Balaban J connectivity index is 1.60. The van der Waals surface area contributed by atoms with E-state index >= 15 is 0 Å². The van der Waals surface area contributed by atoms with Crippen molar-refractivity contribution >= 4 is 5.97 Å². The normalized spacial score (nSPS) is 18.7. The van der Waals surface area contributed by atoms with E-state index in [4.69, 9.17) is 14.9 Å². The van der Waals surface area contributed by atoms with Gasteiger partial charge in [-0.25, -0.2) is 4.79 Å². The van der Waals surface area contributed by atoms with E-state index in [0.29, 0.717) is 31.3 Å². The van der Waals surface area contributed by atoms with Gasteiger partial charge in [-0.15, -0.1) is 0 Å². The summed E-state index contributed by atoms with van der Waals surface area (Å²) in [6, 6.07) is 20.6. The van der Waals surface area contributed by atoms with E-state index < -0.39 is 12.1 Å². The maximum Gasteiger partial charge on any atom is 0.329 e. The van der Waals surface area contributed by atoms with Gasteiger partial charge in [0.25, 0.3) is 0 Å². The molecule has 192 valence electrons. The number of carboxylic acids is 1. The number of nitrogens with zero attached hydrogens (tertiary/aromatic N) is 2. The number of benzene rings is 2. The fraction of sp³-hybridized carbons (Fsp3) is 0.448. The third-order valence-corrected chi connectivity index (χ3v) is 7.04. The highest BCUT2D eigenvalue weighted by molar-refractivity contribution is 5.83. The Hall–Kier alpha value is -3.00. The van der Waals surface area contributed by atoms with E-state index in [2.05, 4.69) is 28.9 Å². The van der Waals surface area contributed by atoms with Crippen molar-refractivity contribution < 1.29 is 24.9 Å². The Morgan fingerprint density at radius 3 is 2.19 bits per heavy atom. The minimum absolute atomic E-state index is 0.232. The highest BCUT2D eigenvalue weighted by Crippen LogP contribution is 2.38. The summed E-state index contributed by atoms with van der Waals surface area (Å²) in [4.78, 5) is 10.7. The van der Waals surface area contributed by atoms with E-state index in [-0.39, 0.29) is 13.2 Å². The fourth-order valence-electron chi connectivity index (χ4n) is 5.15. The molecule has 1 fully saturated rings. The molecule has 1 atom stereocenters. The number of ether oxygens (including phenoxy) is 1. The van der Waals surface area contributed by atoms with Crippen molar-refractivity contribution in [2.75, 3.05) is 19.8 Å². The smallest absolute Gasteiger partial charge is 0.329 e. The minimum Gasteiger partial charge on any atom is -0.480 e. The largest absolute Gasteiger partial charge is 0.480 e. The number of aromatic nitrogens is 2. The predicted octanol–water partition coefficient (Wildman–Crippen LogP) is 4.41. The number of carboxylic acid groups (broad SMARTS) is 1. The predicted molar refractivity (Wildman–Crippen MR) is 138 cm³/mol. The molecule has 7 nitrogen and oxygen atoms in total. The zero-order valence-corrected chi connectivity index (χ0v) is 20.6. The van der Waals surface area contributed by atoms with Crippen molar-refractivity contribution in [1.82, 2.24) is 9.78 Å². The zero-order chi connectivity index (χ0) is 25.3. The van der Waals surface area contributed by atoms with Crippen LogP contribution >= 0.6 is 0 Å². The molecular formula is C29H36N2O5. The summed E-state index contributed by atoms with van der Waals surface area (Å²) in [5, 5.41) is 33.2. The molecule has 36 heavy (non-hydrogen) atoms. The van der Waals surface area contributed by atoms with Crippen molar-refractivity contribution in [1.29, 1.82) is 0 Å². The average molecular weight is 493 g/mol. The first-order chi connectivity index (χ1) is 17.5. The van der Waals surface area contributed by atoms with Crippen LogP contribution in [0.5, 0.6) is 0 Å². The van der Waals surface area contributed by atoms with Gasteiger partial charge in [0.15, 0.2) is 0 Å². The SMILES string of the molecule is O=C(O)COCC1CCC(Cn2nc(CCC(O)CO)c(-c3ccccc3)c2-c2ccccc2)CC1. The van der Waals surface area contributed by atoms with Gasteiger partial charge in [0.2, 0.25) is 0 Å². The van der Waals surface area contributed by atoms with E-state index in [1.807, 2.05) is 36.4 Å². The summed E-state index contributed by atoms with van der Waals surface area (Å²) >= 11 is 0. The molecule has 2 aromatic carbocycles. The first-order valence-electron chi connectivity index (χ1n) is 12.8. The van der Waals surface area contributed by atoms with Gasteiger partial charge in [-0.05, 0) is 55.9 Å². The van der Waals surface area contributed by atoms with Crippen LogP contribution in [-0.4, -0.2) is 57.0 Å². The van der Waals surface area contributed by atoms with Crippen LogP contribution in [0.25, 0.3) is 22.4 Å². The summed E-state index contributed by atoms with van der Waals surface area (Å²) in [5.41, 5.74) is 5.30. The maximum absolute atomic E-state index is 10.7. The van der Waals surface area contributed by atoms with Gasteiger partial charge in [-0.2, -0.15) is 5.10 Å². The van der Waals surface area contributed by atoms with Crippen LogP contribution in [0.3, 0.4) is 0 Å². The molecule has 0 bridgehead atoms. The van der Waals surface area contributed by atoms with Crippen LogP contribution < -0.4 is 0 Å². The molecule has 7 heteroatoms. The van der Waals surface area contributed by atoms with Gasteiger partial charge in [-0.1, -0.05) is 60.7 Å². The Morgan fingerprint density at radius 1 is 0.972 bits per heavy atom. The van der Waals surface area contributed by atoms with Crippen molar-refractivity contribution in [3.05, 3.63) is 66.4 Å². The molecule has 1 aliphatic rings. The second kappa shape index (κ2) is 12.8. The Kier molecular flexibility index (Phi) is 9.28. The van der Waals surface area contributed by atoms with Crippen molar-refractivity contribution in [2.45, 2.75) is 51.2 Å². The summed E-state index contributed by atoms with van der Waals surface area (Å²) in [7, 11) is 0. The quantitative estimate of drug-likeness (QED) is 0.346. The summed E-state index contributed by atoms with van der Waals surface area (Å²) in [6.07, 6.45) is 4.40. The standard InChI is InChI=1S/C29H36N2O5/c32-18-25(33)15-16-26-28(23-7-3-1-4-8-23)29(24-9-5-2-6-10-24)31(30-26)17-21-11-13-22(14-12-21)19-36-20-27(34)35/h1-10,21-22,25,32-33H,11-20H2,(H,34,35). The second-order valence-corrected chi connectivity index (χ2v) is 9.76. The lowest BCUT2D eigenvalue weighted by molar-refractivity contribution is -0.142. The molecule has 1 heterocycles. The third-order valence-electron chi connectivity index (χ3n) is 7.04. The molecule has 0 aliphatic heterocycles. The average Bonchev–Trinajstić information content (AvgIpc) is 3.27. The molecule has 1 aromatic heterocycles. The molecule has 0 saturated heterocycles. The minimum atomic E-state index is -0.924. The van der Waals surface area contributed by atoms with Crippen LogP contribution in [0.15, 0.2) is 60.7 Å².